The van der Waals surface area contributed by atoms with E-state index in [1.54, 1.807) is 12.0 Å². The minimum absolute atomic E-state index is 0.0755. The van der Waals surface area contributed by atoms with Crippen LogP contribution >= 0.6 is 0 Å². The van der Waals surface area contributed by atoms with Crippen LogP contribution in [0.4, 0.5) is 0 Å². The van der Waals surface area contributed by atoms with Gasteiger partial charge in [0.15, 0.2) is 0 Å². The second-order valence-corrected chi connectivity index (χ2v) is 2.88. The Bertz CT molecular complexity index is 133. The molecule has 0 N–H and O–H groups in total. The third-order valence-electron chi connectivity index (χ3n) is 2.09. The van der Waals surface area contributed by atoms with Gasteiger partial charge in [0.1, 0.15) is 0 Å². The fourth-order valence-electron chi connectivity index (χ4n) is 0.921. The second-order valence-electron chi connectivity index (χ2n) is 2.88. The Morgan fingerprint density at radius 1 is 1.36 bits per heavy atom. The van der Waals surface area contributed by atoms with Gasteiger partial charge < -0.3 is 9.64 Å². The summed E-state index contributed by atoms with van der Waals surface area (Å²) in [5.41, 5.74) is 0. The molecule has 0 aromatic heterocycles. The van der Waals surface area contributed by atoms with Gasteiger partial charge in [0.25, 0.3) is 0 Å². The molecule has 0 aromatic carbocycles. The molecule has 0 saturated heterocycles. The quantitative estimate of drug-likeness (QED) is 0.686. The predicted molar refractivity (Wildman–Crippen MR) is 60.4 cm³/mol. The zero-order valence-electron chi connectivity index (χ0n) is 10.5. The summed E-state index contributed by atoms with van der Waals surface area (Å²) in [4.78, 5) is 13.1. The van der Waals surface area contributed by atoms with Gasteiger partial charge >= 0.3 is 0 Å². The average Bonchev–Trinajstić information content (AvgIpc) is 2.26. The molecule has 0 aromatic rings. The maximum atomic E-state index is 11.3. The van der Waals surface area contributed by atoms with Crippen LogP contribution in [0.25, 0.3) is 0 Å². The predicted octanol–water partition coefficient (Wildman–Crippen LogP) is 2.31. The molecule has 3 heteroatoms. The molecule has 0 aliphatic carbocycles. The van der Waals surface area contributed by atoms with Crippen LogP contribution in [0.1, 0.15) is 40.5 Å². The van der Waals surface area contributed by atoms with Crippen LogP contribution in [0.5, 0.6) is 0 Å². The van der Waals surface area contributed by atoms with Crippen LogP contribution < -0.4 is 0 Å². The van der Waals surface area contributed by atoms with E-state index in [2.05, 4.69) is 0 Å². The van der Waals surface area contributed by atoms with Gasteiger partial charge in [0.2, 0.25) is 5.91 Å². The molecule has 0 aliphatic rings. The molecule has 0 spiro atoms. The Balaban J connectivity index is 0. The van der Waals surface area contributed by atoms with Crippen molar-refractivity contribution in [3.63, 3.8) is 0 Å². The van der Waals surface area contributed by atoms with Gasteiger partial charge in [-0.3, -0.25) is 4.79 Å². The highest BCUT2D eigenvalue weighted by Gasteiger charge is 2.13. The molecule has 0 aliphatic heterocycles. The normalized spacial score (nSPS) is 11.3. The van der Waals surface area contributed by atoms with Crippen molar-refractivity contribution in [3.8, 4) is 0 Å². The Morgan fingerprint density at radius 2 is 1.86 bits per heavy atom. The highest BCUT2D eigenvalue weighted by Crippen LogP contribution is 2.04. The maximum absolute atomic E-state index is 11.3. The first-order valence-electron chi connectivity index (χ1n) is 5.42. The van der Waals surface area contributed by atoms with Crippen LogP contribution in [0.2, 0.25) is 0 Å². The minimum Gasteiger partial charge on any atom is -0.381 e. The minimum atomic E-state index is 0.0755. The molecule has 0 rings (SSSR count). The number of methoxy groups -OCH3 is 1. The van der Waals surface area contributed by atoms with Gasteiger partial charge in [-0.15, -0.1) is 0 Å². The van der Waals surface area contributed by atoms with Gasteiger partial charge in [0.05, 0.1) is 12.5 Å². The molecule has 1 unspecified atom stereocenters. The van der Waals surface area contributed by atoms with Crippen LogP contribution in [0.15, 0.2) is 0 Å². The summed E-state index contributed by atoms with van der Waals surface area (Å²) in [7, 11) is 3.46. The van der Waals surface area contributed by atoms with Gasteiger partial charge in [-0.05, 0) is 13.3 Å². The van der Waals surface area contributed by atoms with Crippen molar-refractivity contribution in [2.24, 2.45) is 0 Å². The number of carbonyl (C=O) groups is 1. The summed E-state index contributed by atoms with van der Waals surface area (Å²) in [6.07, 6.45) is 1.46. The summed E-state index contributed by atoms with van der Waals surface area (Å²) in [6, 6.07) is 0. The van der Waals surface area contributed by atoms with E-state index in [1.165, 1.54) is 0 Å². The zero-order chi connectivity index (χ0) is 11.6. The molecule has 3 nitrogen and oxygen atoms in total. The topological polar surface area (TPSA) is 29.5 Å². The molecule has 1 amide bonds. The Morgan fingerprint density at radius 3 is 2.14 bits per heavy atom. The zero-order valence-corrected chi connectivity index (χ0v) is 10.5. The van der Waals surface area contributed by atoms with Crippen molar-refractivity contribution in [3.05, 3.63) is 0 Å². The number of carbonyl (C=O) groups excluding carboxylic acids is 1. The molecular formula is C11H25NO2. The molecule has 0 saturated carbocycles. The first kappa shape index (κ1) is 15.9. The van der Waals surface area contributed by atoms with Crippen molar-refractivity contribution in [2.45, 2.75) is 46.6 Å². The van der Waals surface area contributed by atoms with E-state index < -0.39 is 0 Å². The fraction of sp³-hybridized carbons (Fsp3) is 0.909. The third-order valence-corrected chi connectivity index (χ3v) is 2.09. The van der Waals surface area contributed by atoms with E-state index >= 15 is 0 Å². The first-order valence-corrected chi connectivity index (χ1v) is 5.42. The lowest BCUT2D eigenvalue weighted by atomic mass is 10.2. The van der Waals surface area contributed by atoms with Crippen LogP contribution in [0.3, 0.4) is 0 Å². The number of amides is 1. The standard InChI is InChI=1S/C9H19NO2.C2H6/c1-5-8(12-4)7-9(11)10(3)6-2;1-2/h8H,5-7H2,1-4H3;1-2H3. The Kier molecular flexibility index (Phi) is 11.9. The van der Waals surface area contributed by atoms with E-state index in [-0.39, 0.29) is 12.0 Å². The van der Waals surface area contributed by atoms with Gasteiger partial charge in [-0.25, -0.2) is 0 Å². The van der Waals surface area contributed by atoms with E-state index in [0.29, 0.717) is 6.42 Å². The molecule has 0 fully saturated rings. The van der Waals surface area contributed by atoms with Crippen LogP contribution in [-0.4, -0.2) is 37.6 Å². The molecule has 1 atom stereocenters. The number of hydrogen-bond acceptors (Lipinski definition) is 2. The monoisotopic (exact) mass is 203 g/mol. The molecule has 14 heavy (non-hydrogen) atoms. The van der Waals surface area contributed by atoms with Gasteiger partial charge in [0, 0.05) is 20.7 Å². The second kappa shape index (κ2) is 10.5. The number of hydrogen-bond donors (Lipinski definition) is 0. The summed E-state index contributed by atoms with van der Waals surface area (Å²) in [5, 5.41) is 0. The van der Waals surface area contributed by atoms with Crippen molar-refractivity contribution >= 4 is 5.91 Å². The van der Waals surface area contributed by atoms with Crippen molar-refractivity contribution in [1.82, 2.24) is 4.90 Å². The van der Waals surface area contributed by atoms with Crippen LogP contribution in [-0.2, 0) is 9.53 Å². The largest absolute Gasteiger partial charge is 0.381 e. The SMILES string of the molecule is CC.CCC(CC(=O)N(C)CC)OC. The number of nitrogens with zero attached hydrogens (tertiary/aromatic N) is 1. The highest BCUT2D eigenvalue weighted by atomic mass is 16.5. The van der Waals surface area contributed by atoms with Crippen molar-refractivity contribution in [2.75, 3.05) is 20.7 Å². The van der Waals surface area contributed by atoms with E-state index in [1.807, 2.05) is 34.7 Å². The van der Waals surface area contributed by atoms with E-state index in [4.69, 9.17) is 4.74 Å². The average molecular weight is 203 g/mol. The smallest absolute Gasteiger partial charge is 0.224 e. The van der Waals surface area contributed by atoms with Gasteiger partial charge in [-0.1, -0.05) is 20.8 Å². The number of ether oxygens (including phenoxy) is 1. The molecule has 0 radical (unpaired) electrons. The third kappa shape index (κ3) is 6.89. The first-order chi connectivity index (χ1) is 6.65. The van der Waals surface area contributed by atoms with E-state index in [9.17, 15) is 4.79 Å². The highest BCUT2D eigenvalue weighted by molar-refractivity contribution is 5.76. The lowest BCUT2D eigenvalue weighted by Gasteiger charge is -2.18. The summed E-state index contributed by atoms with van der Waals surface area (Å²) >= 11 is 0. The molecular weight excluding hydrogens is 178 g/mol. The fourth-order valence-corrected chi connectivity index (χ4v) is 0.921. The Hall–Kier alpha value is -0.570. The molecule has 0 bridgehead atoms. The van der Waals surface area contributed by atoms with E-state index in [0.717, 1.165) is 13.0 Å². The molecule has 86 valence electrons. The number of rotatable bonds is 5. The molecule has 0 heterocycles. The Labute approximate surface area is 88.4 Å². The summed E-state index contributed by atoms with van der Waals surface area (Å²) in [5.74, 6) is 0.159. The summed E-state index contributed by atoms with van der Waals surface area (Å²) in [6.45, 7) is 8.75. The van der Waals surface area contributed by atoms with Gasteiger partial charge in [-0.2, -0.15) is 0 Å². The maximum Gasteiger partial charge on any atom is 0.224 e. The summed E-state index contributed by atoms with van der Waals surface area (Å²) < 4.78 is 5.12. The van der Waals surface area contributed by atoms with Crippen LogP contribution in [0, 0.1) is 0 Å². The lowest BCUT2D eigenvalue weighted by Crippen LogP contribution is -2.30. The van der Waals surface area contributed by atoms with Crippen molar-refractivity contribution < 1.29 is 9.53 Å². The lowest BCUT2D eigenvalue weighted by molar-refractivity contribution is -0.132. The van der Waals surface area contributed by atoms with Crippen molar-refractivity contribution in [1.29, 1.82) is 0 Å².